The van der Waals surface area contributed by atoms with E-state index in [1.54, 1.807) is 18.2 Å². The zero-order valence-corrected chi connectivity index (χ0v) is 13.7. The summed E-state index contributed by atoms with van der Waals surface area (Å²) in [5.41, 5.74) is 0.914. The molecular formula is C19H23FN2O2. The molecule has 0 aliphatic carbocycles. The molecule has 3 rings (SSSR count). The number of nitrogens with zero attached hydrogens (tertiary/aromatic N) is 2. The van der Waals surface area contributed by atoms with Gasteiger partial charge in [-0.05, 0) is 42.8 Å². The highest BCUT2D eigenvalue weighted by Crippen LogP contribution is 2.27. The van der Waals surface area contributed by atoms with Gasteiger partial charge in [-0.1, -0.05) is 12.1 Å². The van der Waals surface area contributed by atoms with Crippen molar-refractivity contribution in [3.8, 4) is 11.5 Å². The van der Waals surface area contributed by atoms with Gasteiger partial charge in [0.2, 0.25) is 0 Å². The van der Waals surface area contributed by atoms with Gasteiger partial charge >= 0.3 is 0 Å². The third-order valence-electron chi connectivity index (χ3n) is 4.30. The van der Waals surface area contributed by atoms with E-state index in [1.807, 2.05) is 18.2 Å². The van der Waals surface area contributed by atoms with E-state index in [9.17, 15) is 9.50 Å². The number of ether oxygens (including phenoxy) is 1. The maximum absolute atomic E-state index is 12.8. The molecule has 2 aromatic carbocycles. The number of phenolic OH excluding ortho intramolecular Hbond substituents is 1. The first-order chi connectivity index (χ1) is 11.7. The molecule has 2 aromatic rings. The number of aromatic hydroxyl groups is 1. The first kappa shape index (κ1) is 16.6. The van der Waals surface area contributed by atoms with Crippen molar-refractivity contribution in [1.29, 1.82) is 0 Å². The summed E-state index contributed by atoms with van der Waals surface area (Å²) in [4.78, 5) is 4.63. The monoisotopic (exact) mass is 330 g/mol. The van der Waals surface area contributed by atoms with Gasteiger partial charge in [-0.15, -0.1) is 0 Å². The van der Waals surface area contributed by atoms with Crippen LogP contribution in [0, 0.1) is 5.82 Å². The molecule has 1 fully saturated rings. The zero-order valence-electron chi connectivity index (χ0n) is 13.7. The molecule has 0 spiro atoms. The molecule has 0 bridgehead atoms. The lowest BCUT2D eigenvalue weighted by Crippen LogP contribution is -2.46. The molecule has 0 atom stereocenters. The highest BCUT2D eigenvalue weighted by atomic mass is 19.1. The minimum Gasteiger partial charge on any atom is -0.506 e. The van der Waals surface area contributed by atoms with Crippen molar-refractivity contribution < 1.29 is 14.2 Å². The standard InChI is InChI=1S/C19H23FN2O2/c20-16-6-8-17(9-7-16)24-15-3-10-21-11-13-22(14-12-21)18-4-1-2-5-19(18)23/h1-2,4-9,23H,3,10-15H2. The molecule has 0 unspecified atom stereocenters. The molecular weight excluding hydrogens is 307 g/mol. The minimum atomic E-state index is -0.246. The molecule has 4 nitrogen and oxygen atoms in total. The number of para-hydroxylation sites is 2. The lowest BCUT2D eigenvalue weighted by Gasteiger charge is -2.36. The fourth-order valence-electron chi connectivity index (χ4n) is 2.95. The SMILES string of the molecule is Oc1ccccc1N1CCN(CCCOc2ccc(F)cc2)CC1. The maximum Gasteiger partial charge on any atom is 0.138 e. The van der Waals surface area contributed by atoms with Crippen LogP contribution in [0.4, 0.5) is 10.1 Å². The van der Waals surface area contributed by atoms with Crippen LogP contribution in [0.5, 0.6) is 11.5 Å². The van der Waals surface area contributed by atoms with Crippen molar-refractivity contribution in [2.45, 2.75) is 6.42 Å². The Bertz CT molecular complexity index is 640. The molecule has 1 saturated heterocycles. The van der Waals surface area contributed by atoms with Crippen molar-refractivity contribution in [3.05, 3.63) is 54.3 Å². The van der Waals surface area contributed by atoms with Gasteiger partial charge in [-0.2, -0.15) is 0 Å². The van der Waals surface area contributed by atoms with Gasteiger partial charge in [0, 0.05) is 32.7 Å². The number of hydrogen-bond donors (Lipinski definition) is 1. The second-order valence-corrected chi connectivity index (χ2v) is 5.97. The first-order valence-electron chi connectivity index (χ1n) is 8.36. The van der Waals surface area contributed by atoms with Gasteiger partial charge in [0.05, 0.1) is 12.3 Å². The largest absolute Gasteiger partial charge is 0.506 e. The molecule has 1 heterocycles. The number of anilines is 1. The zero-order chi connectivity index (χ0) is 16.8. The van der Waals surface area contributed by atoms with E-state index in [2.05, 4.69) is 9.80 Å². The Hall–Kier alpha value is -2.27. The molecule has 5 heteroatoms. The van der Waals surface area contributed by atoms with Gasteiger partial charge in [-0.3, -0.25) is 4.90 Å². The Morgan fingerprint density at radius 1 is 0.958 bits per heavy atom. The van der Waals surface area contributed by atoms with E-state index < -0.39 is 0 Å². The van der Waals surface area contributed by atoms with E-state index in [1.165, 1.54) is 12.1 Å². The predicted molar refractivity (Wildman–Crippen MR) is 93.3 cm³/mol. The third-order valence-corrected chi connectivity index (χ3v) is 4.30. The normalized spacial score (nSPS) is 15.5. The van der Waals surface area contributed by atoms with Crippen molar-refractivity contribution in [3.63, 3.8) is 0 Å². The van der Waals surface area contributed by atoms with Crippen LogP contribution in [-0.2, 0) is 0 Å². The van der Waals surface area contributed by atoms with E-state index in [4.69, 9.17) is 4.74 Å². The fourth-order valence-corrected chi connectivity index (χ4v) is 2.95. The Kier molecular flexibility index (Phi) is 5.54. The first-order valence-corrected chi connectivity index (χ1v) is 8.36. The van der Waals surface area contributed by atoms with Gasteiger partial charge in [0.15, 0.2) is 0 Å². The summed E-state index contributed by atoms with van der Waals surface area (Å²) in [7, 11) is 0. The Morgan fingerprint density at radius 3 is 2.38 bits per heavy atom. The average Bonchev–Trinajstić information content (AvgIpc) is 2.61. The van der Waals surface area contributed by atoms with Gasteiger partial charge in [0.1, 0.15) is 17.3 Å². The summed E-state index contributed by atoms with van der Waals surface area (Å²) in [6.45, 7) is 5.39. The van der Waals surface area contributed by atoms with Crippen LogP contribution in [0.3, 0.4) is 0 Å². The van der Waals surface area contributed by atoms with Crippen molar-refractivity contribution in [2.75, 3.05) is 44.2 Å². The highest BCUT2D eigenvalue weighted by Gasteiger charge is 2.18. The van der Waals surface area contributed by atoms with Crippen LogP contribution in [0.1, 0.15) is 6.42 Å². The summed E-state index contributed by atoms with van der Waals surface area (Å²) in [5, 5.41) is 9.93. The average molecular weight is 330 g/mol. The molecule has 0 saturated carbocycles. The van der Waals surface area contributed by atoms with Crippen LogP contribution in [0.25, 0.3) is 0 Å². The smallest absolute Gasteiger partial charge is 0.138 e. The van der Waals surface area contributed by atoms with E-state index in [-0.39, 0.29) is 5.82 Å². The van der Waals surface area contributed by atoms with Crippen LogP contribution in [-0.4, -0.2) is 49.3 Å². The van der Waals surface area contributed by atoms with Gasteiger partial charge < -0.3 is 14.7 Å². The maximum atomic E-state index is 12.8. The Labute approximate surface area is 142 Å². The van der Waals surface area contributed by atoms with Crippen LogP contribution >= 0.6 is 0 Å². The molecule has 1 N–H and O–H groups in total. The quantitative estimate of drug-likeness (QED) is 0.826. The van der Waals surface area contributed by atoms with Crippen molar-refractivity contribution in [1.82, 2.24) is 4.90 Å². The molecule has 1 aliphatic rings. The second-order valence-electron chi connectivity index (χ2n) is 5.97. The Balaban J connectivity index is 1.37. The highest BCUT2D eigenvalue weighted by molar-refractivity contribution is 5.57. The summed E-state index contributed by atoms with van der Waals surface area (Å²) in [6, 6.07) is 13.6. The lowest BCUT2D eigenvalue weighted by molar-refractivity contribution is 0.224. The Morgan fingerprint density at radius 2 is 1.67 bits per heavy atom. The molecule has 128 valence electrons. The molecule has 0 aromatic heterocycles. The number of benzene rings is 2. The molecule has 1 aliphatic heterocycles. The number of rotatable bonds is 6. The van der Waals surface area contributed by atoms with Gasteiger partial charge in [-0.25, -0.2) is 4.39 Å². The summed E-state index contributed by atoms with van der Waals surface area (Å²) in [5.74, 6) is 0.809. The lowest BCUT2D eigenvalue weighted by atomic mass is 10.2. The summed E-state index contributed by atoms with van der Waals surface area (Å²) in [6.07, 6.45) is 0.938. The topological polar surface area (TPSA) is 35.9 Å². The fraction of sp³-hybridized carbons (Fsp3) is 0.368. The van der Waals surface area contributed by atoms with Crippen molar-refractivity contribution in [2.24, 2.45) is 0 Å². The molecule has 0 amide bonds. The van der Waals surface area contributed by atoms with Crippen molar-refractivity contribution >= 4 is 5.69 Å². The summed E-state index contributed by atoms with van der Waals surface area (Å²) < 4.78 is 18.4. The van der Waals surface area contributed by atoms with E-state index in [0.717, 1.165) is 44.8 Å². The number of halogens is 1. The summed E-state index contributed by atoms with van der Waals surface area (Å²) >= 11 is 0. The molecule has 24 heavy (non-hydrogen) atoms. The second kappa shape index (κ2) is 8.02. The van der Waals surface area contributed by atoms with Crippen LogP contribution < -0.4 is 9.64 Å². The number of phenols is 1. The number of hydrogen-bond acceptors (Lipinski definition) is 4. The minimum absolute atomic E-state index is 0.246. The van der Waals surface area contributed by atoms with Gasteiger partial charge in [0.25, 0.3) is 0 Å². The van der Waals surface area contributed by atoms with Crippen LogP contribution in [0.2, 0.25) is 0 Å². The third kappa shape index (κ3) is 4.38. The van der Waals surface area contributed by atoms with E-state index >= 15 is 0 Å². The molecule has 0 radical (unpaired) electrons. The van der Waals surface area contributed by atoms with Crippen LogP contribution in [0.15, 0.2) is 48.5 Å². The van der Waals surface area contributed by atoms with E-state index in [0.29, 0.717) is 18.1 Å². The predicted octanol–water partition coefficient (Wildman–Crippen LogP) is 3.12. The number of piperazine rings is 1.